The van der Waals surface area contributed by atoms with Crippen molar-refractivity contribution in [3.05, 3.63) is 59.2 Å². The smallest absolute Gasteiger partial charge is 0.163 e. The number of carbonyl (C=O) groups is 1. The van der Waals surface area contributed by atoms with Gasteiger partial charge in [-0.05, 0) is 43.0 Å². The molecule has 21 heavy (non-hydrogen) atoms. The standard InChI is InChI=1S/C19H22O2/c1-13-10-11-16(19(3,4)5)18(12-13)21-17-9-7-6-8-15(17)14(2)20/h6-12H,1-5H3. The summed E-state index contributed by atoms with van der Waals surface area (Å²) in [4.78, 5) is 11.7. The normalized spacial score (nSPS) is 11.3. The Kier molecular flexibility index (Phi) is 4.17. The first-order valence-corrected chi connectivity index (χ1v) is 7.18. The summed E-state index contributed by atoms with van der Waals surface area (Å²) in [6.45, 7) is 10.1. The first-order valence-electron chi connectivity index (χ1n) is 7.18. The van der Waals surface area contributed by atoms with Gasteiger partial charge in [-0.1, -0.05) is 45.0 Å². The third-order valence-corrected chi connectivity index (χ3v) is 3.43. The Morgan fingerprint density at radius 2 is 1.67 bits per heavy atom. The van der Waals surface area contributed by atoms with Crippen LogP contribution in [0.25, 0.3) is 0 Å². The zero-order chi connectivity index (χ0) is 15.6. The molecule has 0 aliphatic carbocycles. The molecule has 0 fully saturated rings. The number of hydrogen-bond donors (Lipinski definition) is 0. The molecule has 0 bridgehead atoms. The highest BCUT2D eigenvalue weighted by molar-refractivity contribution is 5.96. The van der Waals surface area contributed by atoms with E-state index in [1.54, 1.807) is 13.0 Å². The number of Topliss-reactive ketones (excluding diaryl/α,β-unsaturated/α-hetero) is 1. The lowest BCUT2D eigenvalue weighted by molar-refractivity contribution is 0.101. The Morgan fingerprint density at radius 1 is 1.00 bits per heavy atom. The van der Waals surface area contributed by atoms with E-state index in [0.717, 1.165) is 16.9 Å². The van der Waals surface area contributed by atoms with Gasteiger partial charge in [0.15, 0.2) is 5.78 Å². The maximum Gasteiger partial charge on any atom is 0.163 e. The van der Waals surface area contributed by atoms with E-state index in [-0.39, 0.29) is 11.2 Å². The van der Waals surface area contributed by atoms with Gasteiger partial charge in [0.1, 0.15) is 11.5 Å². The molecule has 2 nitrogen and oxygen atoms in total. The lowest BCUT2D eigenvalue weighted by atomic mass is 9.86. The summed E-state index contributed by atoms with van der Waals surface area (Å²) >= 11 is 0. The zero-order valence-corrected chi connectivity index (χ0v) is 13.4. The van der Waals surface area contributed by atoms with Crippen LogP contribution in [0.2, 0.25) is 0 Å². The van der Waals surface area contributed by atoms with E-state index >= 15 is 0 Å². The second-order valence-electron chi connectivity index (χ2n) is 6.40. The lowest BCUT2D eigenvalue weighted by Crippen LogP contribution is -2.13. The number of benzene rings is 2. The number of ether oxygens (including phenoxy) is 1. The predicted molar refractivity (Wildman–Crippen MR) is 86.4 cm³/mol. The Labute approximate surface area is 126 Å². The fourth-order valence-corrected chi connectivity index (χ4v) is 2.30. The summed E-state index contributed by atoms with van der Waals surface area (Å²) in [5, 5.41) is 0. The second-order valence-corrected chi connectivity index (χ2v) is 6.40. The maximum absolute atomic E-state index is 11.7. The highest BCUT2D eigenvalue weighted by Crippen LogP contribution is 2.35. The van der Waals surface area contributed by atoms with Crippen molar-refractivity contribution in [1.29, 1.82) is 0 Å². The van der Waals surface area contributed by atoms with E-state index in [2.05, 4.69) is 32.9 Å². The summed E-state index contributed by atoms with van der Waals surface area (Å²) < 4.78 is 6.09. The number of aryl methyl sites for hydroxylation is 1. The largest absolute Gasteiger partial charge is 0.456 e. The molecule has 0 radical (unpaired) electrons. The van der Waals surface area contributed by atoms with E-state index < -0.39 is 0 Å². The van der Waals surface area contributed by atoms with Crippen LogP contribution in [0.1, 0.15) is 49.2 Å². The molecule has 2 aromatic rings. The fraction of sp³-hybridized carbons (Fsp3) is 0.316. The first kappa shape index (κ1) is 15.3. The van der Waals surface area contributed by atoms with Crippen molar-refractivity contribution < 1.29 is 9.53 Å². The lowest BCUT2D eigenvalue weighted by Gasteiger charge is -2.23. The van der Waals surface area contributed by atoms with Crippen molar-refractivity contribution in [2.24, 2.45) is 0 Å². The molecule has 0 atom stereocenters. The van der Waals surface area contributed by atoms with Crippen LogP contribution < -0.4 is 4.74 Å². The molecule has 0 amide bonds. The van der Waals surface area contributed by atoms with E-state index in [4.69, 9.17) is 4.74 Å². The van der Waals surface area contributed by atoms with Gasteiger partial charge in [-0.15, -0.1) is 0 Å². The molecule has 0 heterocycles. The van der Waals surface area contributed by atoms with Crippen molar-refractivity contribution in [1.82, 2.24) is 0 Å². The van der Waals surface area contributed by atoms with Crippen LogP contribution in [0.3, 0.4) is 0 Å². The minimum absolute atomic E-state index is 0.00978. The van der Waals surface area contributed by atoms with Crippen molar-refractivity contribution >= 4 is 5.78 Å². The number of ketones is 1. The molecule has 0 aliphatic heterocycles. The summed E-state index contributed by atoms with van der Waals surface area (Å²) in [7, 11) is 0. The molecule has 0 saturated carbocycles. The summed E-state index contributed by atoms with van der Waals surface area (Å²) in [6.07, 6.45) is 0. The van der Waals surface area contributed by atoms with Gasteiger partial charge in [0.05, 0.1) is 5.56 Å². The molecule has 0 spiro atoms. The van der Waals surface area contributed by atoms with Gasteiger partial charge >= 0.3 is 0 Å². The monoisotopic (exact) mass is 282 g/mol. The van der Waals surface area contributed by atoms with Gasteiger partial charge < -0.3 is 4.74 Å². The van der Waals surface area contributed by atoms with Crippen molar-refractivity contribution in [2.45, 2.75) is 40.0 Å². The van der Waals surface area contributed by atoms with Crippen molar-refractivity contribution in [3.8, 4) is 11.5 Å². The molecule has 2 heteroatoms. The van der Waals surface area contributed by atoms with Crippen molar-refractivity contribution in [3.63, 3.8) is 0 Å². The first-order chi connectivity index (χ1) is 9.79. The van der Waals surface area contributed by atoms with Gasteiger partial charge in [0, 0.05) is 5.56 Å². The maximum atomic E-state index is 11.7. The van der Waals surface area contributed by atoms with Crippen LogP contribution in [0.5, 0.6) is 11.5 Å². The fourth-order valence-electron chi connectivity index (χ4n) is 2.30. The van der Waals surface area contributed by atoms with Gasteiger partial charge in [-0.2, -0.15) is 0 Å². The second kappa shape index (κ2) is 5.72. The third-order valence-electron chi connectivity index (χ3n) is 3.43. The highest BCUT2D eigenvalue weighted by atomic mass is 16.5. The van der Waals surface area contributed by atoms with Crippen LogP contribution in [-0.4, -0.2) is 5.78 Å². The number of para-hydroxylation sites is 1. The minimum Gasteiger partial charge on any atom is -0.456 e. The van der Waals surface area contributed by atoms with Crippen LogP contribution in [0.15, 0.2) is 42.5 Å². The van der Waals surface area contributed by atoms with Crippen LogP contribution in [0.4, 0.5) is 0 Å². The Morgan fingerprint density at radius 3 is 2.29 bits per heavy atom. The van der Waals surface area contributed by atoms with Gasteiger partial charge in [-0.3, -0.25) is 4.79 Å². The molecule has 0 unspecified atom stereocenters. The molecule has 0 saturated heterocycles. The minimum atomic E-state index is -0.0196. The third kappa shape index (κ3) is 3.52. The predicted octanol–water partition coefficient (Wildman–Crippen LogP) is 5.29. The Hall–Kier alpha value is -2.09. The van der Waals surface area contributed by atoms with E-state index in [9.17, 15) is 4.79 Å². The van der Waals surface area contributed by atoms with E-state index in [0.29, 0.717) is 11.3 Å². The molecule has 0 aliphatic rings. The van der Waals surface area contributed by atoms with Gasteiger partial charge in [-0.25, -0.2) is 0 Å². The van der Waals surface area contributed by atoms with E-state index in [1.807, 2.05) is 31.2 Å². The molecular formula is C19H22O2. The average Bonchev–Trinajstić information content (AvgIpc) is 2.37. The number of rotatable bonds is 3. The molecule has 2 rings (SSSR count). The zero-order valence-electron chi connectivity index (χ0n) is 13.4. The Bertz CT molecular complexity index is 664. The topological polar surface area (TPSA) is 26.3 Å². The average molecular weight is 282 g/mol. The van der Waals surface area contributed by atoms with E-state index in [1.165, 1.54) is 0 Å². The van der Waals surface area contributed by atoms with Crippen LogP contribution in [0, 0.1) is 6.92 Å². The molecule has 0 aromatic heterocycles. The number of carbonyl (C=O) groups excluding carboxylic acids is 1. The SMILES string of the molecule is CC(=O)c1ccccc1Oc1cc(C)ccc1C(C)(C)C. The molecule has 110 valence electrons. The van der Waals surface area contributed by atoms with Gasteiger partial charge in [0.25, 0.3) is 0 Å². The van der Waals surface area contributed by atoms with Crippen LogP contribution in [-0.2, 0) is 5.41 Å². The quantitative estimate of drug-likeness (QED) is 0.715. The molecular weight excluding hydrogens is 260 g/mol. The summed E-state index contributed by atoms with van der Waals surface area (Å²) in [5.74, 6) is 1.44. The number of hydrogen-bond acceptors (Lipinski definition) is 2. The summed E-state index contributed by atoms with van der Waals surface area (Å²) in [6, 6.07) is 13.6. The van der Waals surface area contributed by atoms with Gasteiger partial charge in [0.2, 0.25) is 0 Å². The summed E-state index contributed by atoms with van der Waals surface area (Å²) in [5.41, 5.74) is 2.86. The Balaban J connectivity index is 2.49. The van der Waals surface area contributed by atoms with Crippen molar-refractivity contribution in [2.75, 3.05) is 0 Å². The molecule has 2 aromatic carbocycles. The molecule has 0 N–H and O–H groups in total. The van der Waals surface area contributed by atoms with Crippen LogP contribution >= 0.6 is 0 Å². The highest BCUT2D eigenvalue weighted by Gasteiger charge is 2.20.